The van der Waals surface area contributed by atoms with E-state index in [-0.39, 0.29) is 11.6 Å². The smallest absolute Gasteiger partial charge is 0.281 e. The Balaban J connectivity index is 1.82. The summed E-state index contributed by atoms with van der Waals surface area (Å²) < 4.78 is 8.19. The maximum atomic E-state index is 12.5. The van der Waals surface area contributed by atoms with E-state index in [1.807, 2.05) is 13.8 Å². The van der Waals surface area contributed by atoms with Gasteiger partial charge < -0.3 is 9.73 Å². The van der Waals surface area contributed by atoms with E-state index in [0.29, 0.717) is 28.5 Å². The van der Waals surface area contributed by atoms with Gasteiger partial charge in [-0.1, -0.05) is 0 Å². The molecule has 130 valence electrons. The van der Waals surface area contributed by atoms with E-state index in [9.17, 15) is 9.59 Å². The molecule has 0 aliphatic carbocycles. The van der Waals surface area contributed by atoms with Crippen molar-refractivity contribution in [2.24, 2.45) is 7.05 Å². The minimum atomic E-state index is -0.397. The van der Waals surface area contributed by atoms with Crippen LogP contribution in [0.1, 0.15) is 43.8 Å². The van der Waals surface area contributed by atoms with Crippen molar-refractivity contribution in [3.63, 3.8) is 0 Å². The lowest BCUT2D eigenvalue weighted by molar-refractivity contribution is 0.0942. The predicted molar refractivity (Wildman–Crippen MR) is 90.8 cm³/mol. The van der Waals surface area contributed by atoms with Crippen LogP contribution in [0, 0.1) is 27.7 Å². The number of furan rings is 1. The normalized spacial score (nSPS) is 10.9. The number of anilines is 1. The van der Waals surface area contributed by atoms with Crippen molar-refractivity contribution < 1.29 is 14.0 Å². The number of aromatic nitrogens is 4. The summed E-state index contributed by atoms with van der Waals surface area (Å²) in [5.41, 5.74) is 2.77. The summed E-state index contributed by atoms with van der Waals surface area (Å²) in [6, 6.07) is 3.15. The molecular formula is C17H19N5O3. The van der Waals surface area contributed by atoms with Crippen LogP contribution in [0.2, 0.25) is 0 Å². The molecule has 8 nitrogen and oxygen atoms in total. The van der Waals surface area contributed by atoms with E-state index in [1.165, 1.54) is 12.3 Å². The summed E-state index contributed by atoms with van der Waals surface area (Å²) in [6.45, 7) is 7.16. The predicted octanol–water partition coefficient (Wildman–Crippen LogP) is 2.38. The molecule has 1 amide bonds. The topological polar surface area (TPSA) is 95.0 Å². The van der Waals surface area contributed by atoms with Crippen LogP contribution in [0.3, 0.4) is 0 Å². The van der Waals surface area contributed by atoms with Crippen molar-refractivity contribution in [3.05, 3.63) is 52.5 Å². The van der Waals surface area contributed by atoms with E-state index < -0.39 is 5.91 Å². The Bertz CT molecular complexity index is 977. The van der Waals surface area contributed by atoms with Gasteiger partial charge in [0, 0.05) is 13.2 Å². The molecule has 0 spiro atoms. The Kier molecular flexibility index (Phi) is 4.03. The highest BCUT2D eigenvalue weighted by molar-refractivity contribution is 6.04. The fraction of sp³-hybridized carbons (Fsp3) is 0.294. The Morgan fingerprint density at radius 1 is 1.16 bits per heavy atom. The van der Waals surface area contributed by atoms with Crippen molar-refractivity contribution in [1.82, 2.24) is 19.6 Å². The molecule has 0 saturated carbocycles. The van der Waals surface area contributed by atoms with Gasteiger partial charge in [-0.3, -0.25) is 14.3 Å². The summed E-state index contributed by atoms with van der Waals surface area (Å²) in [6.07, 6.45) is 1.46. The number of amides is 1. The molecular weight excluding hydrogens is 322 g/mol. The lowest BCUT2D eigenvalue weighted by atomic mass is 10.2. The largest absolute Gasteiger partial charge is 0.466 e. The molecule has 3 rings (SSSR count). The minimum Gasteiger partial charge on any atom is -0.466 e. The number of carbonyl (C=O) groups excluding carboxylic acids is 2. The third-order valence-corrected chi connectivity index (χ3v) is 4.05. The van der Waals surface area contributed by atoms with Gasteiger partial charge in [0.25, 0.3) is 11.8 Å². The Morgan fingerprint density at radius 3 is 2.44 bits per heavy atom. The molecule has 8 heteroatoms. The molecule has 0 aliphatic rings. The number of hydrogen-bond donors (Lipinski definition) is 1. The van der Waals surface area contributed by atoms with E-state index >= 15 is 0 Å². The Hall–Kier alpha value is -3.16. The van der Waals surface area contributed by atoms with Crippen molar-refractivity contribution in [2.45, 2.75) is 27.7 Å². The van der Waals surface area contributed by atoms with Crippen molar-refractivity contribution in [3.8, 4) is 0 Å². The van der Waals surface area contributed by atoms with Gasteiger partial charge in [-0.25, -0.2) is 4.68 Å². The molecule has 0 fully saturated rings. The summed E-state index contributed by atoms with van der Waals surface area (Å²) in [4.78, 5) is 24.9. The molecule has 3 aromatic rings. The Labute approximate surface area is 144 Å². The van der Waals surface area contributed by atoms with Crippen molar-refractivity contribution in [2.75, 3.05) is 5.32 Å². The quantitative estimate of drug-likeness (QED) is 0.789. The van der Waals surface area contributed by atoms with Gasteiger partial charge in [0.15, 0.2) is 5.69 Å². The second kappa shape index (κ2) is 6.04. The van der Waals surface area contributed by atoms with E-state index in [4.69, 9.17) is 4.42 Å². The maximum absolute atomic E-state index is 12.5. The first kappa shape index (κ1) is 16.7. The third kappa shape index (κ3) is 2.98. The van der Waals surface area contributed by atoms with E-state index in [1.54, 1.807) is 31.6 Å². The molecule has 0 saturated heterocycles. The lowest BCUT2D eigenvalue weighted by Crippen LogP contribution is -2.17. The molecule has 1 N–H and O–H groups in total. The zero-order valence-corrected chi connectivity index (χ0v) is 14.7. The Morgan fingerprint density at radius 2 is 1.88 bits per heavy atom. The first-order valence-corrected chi connectivity index (χ1v) is 7.77. The molecule has 0 bridgehead atoms. The zero-order chi connectivity index (χ0) is 18.3. The number of carbonyl (C=O) groups is 2. The van der Waals surface area contributed by atoms with Gasteiger partial charge in [0.05, 0.1) is 22.6 Å². The van der Waals surface area contributed by atoms with Crippen LogP contribution in [0.5, 0.6) is 0 Å². The molecule has 0 aromatic carbocycles. The summed E-state index contributed by atoms with van der Waals surface area (Å²) >= 11 is 0. The van der Waals surface area contributed by atoms with Gasteiger partial charge >= 0.3 is 0 Å². The number of rotatable bonds is 3. The molecule has 3 aromatic heterocycles. The average molecular weight is 341 g/mol. The highest BCUT2D eigenvalue weighted by Gasteiger charge is 2.20. The number of nitrogens with zero attached hydrogens (tertiary/aromatic N) is 4. The van der Waals surface area contributed by atoms with Gasteiger partial charge in [-0.2, -0.15) is 10.2 Å². The first-order chi connectivity index (χ1) is 11.8. The summed E-state index contributed by atoms with van der Waals surface area (Å²) in [5.74, 6) is 0.423. The maximum Gasteiger partial charge on any atom is 0.281 e. The lowest BCUT2D eigenvalue weighted by Gasteiger charge is -2.03. The van der Waals surface area contributed by atoms with Crippen LogP contribution in [0.25, 0.3) is 0 Å². The van der Waals surface area contributed by atoms with Crippen LogP contribution >= 0.6 is 0 Å². The van der Waals surface area contributed by atoms with Crippen LogP contribution in [-0.2, 0) is 7.05 Å². The molecule has 3 heterocycles. The molecule has 0 radical (unpaired) electrons. The highest BCUT2D eigenvalue weighted by atomic mass is 16.3. The second-order valence-electron chi connectivity index (χ2n) is 5.90. The van der Waals surface area contributed by atoms with Crippen LogP contribution in [-0.4, -0.2) is 31.4 Å². The summed E-state index contributed by atoms with van der Waals surface area (Å²) in [5, 5.41) is 11.1. The van der Waals surface area contributed by atoms with Crippen LogP contribution < -0.4 is 5.32 Å². The first-order valence-electron chi connectivity index (χ1n) is 7.77. The number of hydrogen-bond acceptors (Lipinski definition) is 5. The molecule has 0 unspecified atom stereocenters. The van der Waals surface area contributed by atoms with Crippen molar-refractivity contribution in [1.29, 1.82) is 0 Å². The standard InChI is InChI=1S/C17H19N5O3/c1-9-8-13(12(4)25-9)17(24)22-7-6-14(20-22)16(23)18-15-10(2)19-21(5)11(15)3/h6-8H,1-5H3,(H,18,23). The van der Waals surface area contributed by atoms with Crippen LogP contribution in [0.4, 0.5) is 5.69 Å². The number of nitrogens with one attached hydrogen (secondary N) is 1. The summed E-state index contributed by atoms with van der Waals surface area (Å²) in [7, 11) is 1.81. The monoisotopic (exact) mass is 341 g/mol. The minimum absolute atomic E-state index is 0.147. The molecule has 25 heavy (non-hydrogen) atoms. The number of aryl methyl sites for hydroxylation is 4. The molecule has 0 aliphatic heterocycles. The third-order valence-electron chi connectivity index (χ3n) is 4.05. The second-order valence-corrected chi connectivity index (χ2v) is 5.90. The van der Waals surface area contributed by atoms with Crippen LogP contribution in [0.15, 0.2) is 22.7 Å². The fourth-order valence-corrected chi connectivity index (χ4v) is 2.66. The molecule has 0 atom stereocenters. The fourth-order valence-electron chi connectivity index (χ4n) is 2.66. The van der Waals surface area contributed by atoms with E-state index in [0.717, 1.165) is 10.4 Å². The van der Waals surface area contributed by atoms with Gasteiger partial charge in [0.2, 0.25) is 0 Å². The average Bonchev–Trinajstić information content (AvgIpc) is 3.22. The van der Waals surface area contributed by atoms with Gasteiger partial charge in [-0.05, 0) is 39.8 Å². The zero-order valence-electron chi connectivity index (χ0n) is 14.7. The van der Waals surface area contributed by atoms with Crippen molar-refractivity contribution >= 4 is 17.5 Å². The van der Waals surface area contributed by atoms with Gasteiger partial charge in [0.1, 0.15) is 11.5 Å². The van der Waals surface area contributed by atoms with Gasteiger partial charge in [-0.15, -0.1) is 0 Å². The van der Waals surface area contributed by atoms with E-state index in [2.05, 4.69) is 15.5 Å². The highest BCUT2D eigenvalue weighted by Crippen LogP contribution is 2.19. The SMILES string of the molecule is Cc1cc(C(=O)n2ccc(C(=O)Nc3c(C)nn(C)c3C)n2)c(C)o1.